The van der Waals surface area contributed by atoms with E-state index in [0.29, 0.717) is 23.6 Å². The number of amides is 1. The lowest BCUT2D eigenvalue weighted by Crippen LogP contribution is -2.29. The number of aliphatic hydroxyl groups excluding tert-OH is 1. The lowest BCUT2D eigenvalue weighted by molar-refractivity contribution is -0.132. The van der Waals surface area contributed by atoms with E-state index < -0.39 is 17.7 Å². The van der Waals surface area contributed by atoms with Crippen molar-refractivity contribution in [2.24, 2.45) is 0 Å². The molecule has 1 atom stereocenters. The molecular formula is C30H29NO4. The summed E-state index contributed by atoms with van der Waals surface area (Å²) >= 11 is 0. The van der Waals surface area contributed by atoms with Crippen molar-refractivity contribution >= 4 is 23.1 Å². The van der Waals surface area contributed by atoms with Gasteiger partial charge in [-0.15, -0.1) is 0 Å². The normalized spacial score (nSPS) is 19.0. The Labute approximate surface area is 205 Å². The minimum Gasteiger partial charge on any atom is -0.507 e. The molecule has 178 valence electrons. The first-order valence-corrected chi connectivity index (χ1v) is 12.2. The topological polar surface area (TPSA) is 66.8 Å². The highest BCUT2D eigenvalue weighted by atomic mass is 16.5. The number of fused-ring (bicyclic) bond motifs is 1. The van der Waals surface area contributed by atoms with Crippen LogP contribution in [0.4, 0.5) is 5.69 Å². The lowest BCUT2D eigenvalue weighted by Gasteiger charge is -2.26. The maximum absolute atomic E-state index is 13.4. The van der Waals surface area contributed by atoms with Crippen LogP contribution in [-0.4, -0.2) is 23.4 Å². The van der Waals surface area contributed by atoms with Gasteiger partial charge in [0.25, 0.3) is 11.7 Å². The SMILES string of the molecule is CCOc1cccc(N2C(=O)C(=O)/C(=C(\O)c3ccc4c(c3)CCCC4)C2c2cccc(C)c2)c1. The van der Waals surface area contributed by atoms with E-state index in [-0.39, 0.29) is 11.3 Å². The number of aryl methyl sites for hydroxylation is 3. The number of hydrogen-bond acceptors (Lipinski definition) is 4. The Morgan fingerprint density at radius 2 is 1.74 bits per heavy atom. The van der Waals surface area contributed by atoms with E-state index in [1.165, 1.54) is 16.0 Å². The van der Waals surface area contributed by atoms with Crippen molar-refractivity contribution in [2.45, 2.75) is 45.6 Å². The summed E-state index contributed by atoms with van der Waals surface area (Å²) in [4.78, 5) is 28.3. The van der Waals surface area contributed by atoms with E-state index in [1.54, 1.807) is 18.2 Å². The van der Waals surface area contributed by atoms with E-state index >= 15 is 0 Å². The molecule has 3 aromatic carbocycles. The molecule has 3 aromatic rings. The van der Waals surface area contributed by atoms with Gasteiger partial charge in [0.15, 0.2) is 0 Å². The highest BCUT2D eigenvalue weighted by Gasteiger charge is 2.47. The molecule has 1 unspecified atom stereocenters. The first-order chi connectivity index (χ1) is 17.0. The fraction of sp³-hybridized carbons (Fsp3) is 0.267. The third-order valence-corrected chi connectivity index (χ3v) is 6.83. The first-order valence-electron chi connectivity index (χ1n) is 12.2. The van der Waals surface area contributed by atoms with Crippen molar-refractivity contribution in [3.8, 4) is 5.75 Å². The molecule has 0 bridgehead atoms. The fourth-order valence-corrected chi connectivity index (χ4v) is 5.18. The average molecular weight is 468 g/mol. The molecule has 0 saturated carbocycles. The summed E-state index contributed by atoms with van der Waals surface area (Å²) in [5.41, 5.74) is 5.49. The Morgan fingerprint density at radius 3 is 2.51 bits per heavy atom. The smallest absolute Gasteiger partial charge is 0.300 e. The second kappa shape index (κ2) is 9.41. The number of anilines is 1. The van der Waals surface area contributed by atoms with Crippen LogP contribution in [0.25, 0.3) is 5.76 Å². The van der Waals surface area contributed by atoms with Crippen LogP contribution >= 0.6 is 0 Å². The average Bonchev–Trinajstić information content (AvgIpc) is 3.14. The van der Waals surface area contributed by atoms with Gasteiger partial charge in [-0.2, -0.15) is 0 Å². The third-order valence-electron chi connectivity index (χ3n) is 6.83. The van der Waals surface area contributed by atoms with Gasteiger partial charge in [0.2, 0.25) is 0 Å². The Kier molecular flexibility index (Phi) is 6.16. The van der Waals surface area contributed by atoms with Crippen LogP contribution in [0.1, 0.15) is 53.6 Å². The third kappa shape index (κ3) is 4.23. The zero-order valence-corrected chi connectivity index (χ0v) is 20.1. The summed E-state index contributed by atoms with van der Waals surface area (Å²) < 4.78 is 5.64. The number of hydrogen-bond donors (Lipinski definition) is 1. The van der Waals surface area contributed by atoms with Crippen molar-refractivity contribution in [1.29, 1.82) is 0 Å². The summed E-state index contributed by atoms with van der Waals surface area (Å²) in [5.74, 6) is -0.866. The van der Waals surface area contributed by atoms with E-state index in [1.807, 2.05) is 62.4 Å². The number of nitrogens with zero attached hydrogens (tertiary/aromatic N) is 1. The van der Waals surface area contributed by atoms with Crippen LogP contribution < -0.4 is 9.64 Å². The zero-order valence-electron chi connectivity index (χ0n) is 20.1. The quantitative estimate of drug-likeness (QED) is 0.288. The molecule has 1 heterocycles. The van der Waals surface area contributed by atoms with Gasteiger partial charge in [-0.25, -0.2) is 0 Å². The second-order valence-electron chi connectivity index (χ2n) is 9.20. The fourth-order valence-electron chi connectivity index (χ4n) is 5.18. The van der Waals surface area contributed by atoms with Crippen LogP contribution in [-0.2, 0) is 22.4 Å². The highest BCUT2D eigenvalue weighted by molar-refractivity contribution is 6.51. The molecule has 0 radical (unpaired) electrons. The molecule has 5 nitrogen and oxygen atoms in total. The number of carbonyl (C=O) groups is 2. The monoisotopic (exact) mass is 467 g/mol. The first kappa shape index (κ1) is 22.9. The van der Waals surface area contributed by atoms with Gasteiger partial charge in [0, 0.05) is 17.3 Å². The van der Waals surface area contributed by atoms with Gasteiger partial charge in [0.1, 0.15) is 11.5 Å². The predicted molar refractivity (Wildman–Crippen MR) is 137 cm³/mol. The number of carbonyl (C=O) groups excluding carboxylic acids is 2. The number of benzene rings is 3. The summed E-state index contributed by atoms with van der Waals surface area (Å²) in [7, 11) is 0. The summed E-state index contributed by atoms with van der Waals surface area (Å²) in [6.45, 7) is 4.35. The molecule has 5 rings (SSSR count). The van der Waals surface area contributed by atoms with E-state index in [2.05, 4.69) is 0 Å². The van der Waals surface area contributed by atoms with Crippen LogP contribution in [0.15, 0.2) is 72.3 Å². The molecular weight excluding hydrogens is 438 g/mol. The molecule has 1 aliphatic carbocycles. The molecule has 0 aromatic heterocycles. The van der Waals surface area contributed by atoms with Crippen LogP contribution in [0, 0.1) is 6.92 Å². The van der Waals surface area contributed by atoms with Crippen molar-refractivity contribution in [2.75, 3.05) is 11.5 Å². The standard InChI is InChI=1S/C30H29NO4/c1-3-35-25-13-7-12-24(18-25)31-27(22-11-6-8-19(2)16-22)26(29(33)30(31)34)28(32)23-15-14-20-9-4-5-10-21(20)17-23/h6-8,11-18,27,32H,3-5,9-10H2,1-2H3/b28-26-. The van der Waals surface area contributed by atoms with Crippen molar-refractivity contribution < 1.29 is 19.4 Å². The summed E-state index contributed by atoms with van der Waals surface area (Å²) in [5, 5.41) is 11.5. The number of ketones is 1. The van der Waals surface area contributed by atoms with Gasteiger partial charge in [0.05, 0.1) is 18.2 Å². The predicted octanol–water partition coefficient (Wildman–Crippen LogP) is 5.90. The number of aliphatic hydroxyl groups is 1. The van der Waals surface area contributed by atoms with Gasteiger partial charge in [-0.3, -0.25) is 14.5 Å². The van der Waals surface area contributed by atoms with Crippen molar-refractivity contribution in [1.82, 2.24) is 0 Å². The van der Waals surface area contributed by atoms with Gasteiger partial charge >= 0.3 is 0 Å². The number of rotatable bonds is 5. The van der Waals surface area contributed by atoms with E-state index in [0.717, 1.165) is 36.8 Å². The molecule has 1 amide bonds. The zero-order chi connectivity index (χ0) is 24.5. The number of ether oxygens (including phenoxy) is 1. The summed E-state index contributed by atoms with van der Waals surface area (Å²) in [6.07, 6.45) is 4.26. The maximum Gasteiger partial charge on any atom is 0.300 e. The Bertz CT molecular complexity index is 1340. The van der Waals surface area contributed by atoms with Crippen molar-refractivity contribution in [3.63, 3.8) is 0 Å². The van der Waals surface area contributed by atoms with Crippen LogP contribution in [0.3, 0.4) is 0 Å². The largest absolute Gasteiger partial charge is 0.507 e. The Balaban J connectivity index is 1.68. The molecule has 1 saturated heterocycles. The van der Waals surface area contributed by atoms with Gasteiger partial charge < -0.3 is 9.84 Å². The van der Waals surface area contributed by atoms with Crippen LogP contribution in [0.2, 0.25) is 0 Å². The Morgan fingerprint density at radius 1 is 0.971 bits per heavy atom. The van der Waals surface area contributed by atoms with Crippen LogP contribution in [0.5, 0.6) is 5.75 Å². The highest BCUT2D eigenvalue weighted by Crippen LogP contribution is 2.43. The lowest BCUT2D eigenvalue weighted by atomic mass is 9.88. The number of Topliss-reactive ketones (excluding diaryl/α,β-unsaturated/α-hetero) is 1. The van der Waals surface area contributed by atoms with E-state index in [9.17, 15) is 14.7 Å². The maximum atomic E-state index is 13.4. The van der Waals surface area contributed by atoms with E-state index in [4.69, 9.17) is 4.74 Å². The van der Waals surface area contributed by atoms with Gasteiger partial charge in [-0.1, -0.05) is 48.0 Å². The molecule has 35 heavy (non-hydrogen) atoms. The molecule has 2 aliphatic rings. The minimum absolute atomic E-state index is 0.109. The molecule has 1 aliphatic heterocycles. The summed E-state index contributed by atoms with van der Waals surface area (Å²) in [6, 6.07) is 20.0. The molecule has 1 fully saturated rings. The van der Waals surface area contributed by atoms with Gasteiger partial charge in [-0.05, 0) is 74.4 Å². The molecule has 5 heteroatoms. The molecule has 1 N–H and O–H groups in total. The Hall–Kier alpha value is -3.86. The van der Waals surface area contributed by atoms with Crippen molar-refractivity contribution in [3.05, 3.63) is 100 Å². The minimum atomic E-state index is -0.747. The molecule has 0 spiro atoms. The second-order valence-corrected chi connectivity index (χ2v) is 9.20.